The molecule has 6 nitrogen and oxygen atoms in total. The number of unbranched alkanes of at least 4 members (excludes halogenated alkanes) is 22. The van der Waals surface area contributed by atoms with E-state index in [0.29, 0.717) is 19.3 Å². The topological polar surface area (TPSA) is 78.9 Å². The van der Waals surface area contributed by atoms with Gasteiger partial charge in [-0.05, 0) is 70.6 Å². The number of carbonyl (C=O) groups is 3. The van der Waals surface area contributed by atoms with Crippen LogP contribution in [0, 0.1) is 0 Å². The van der Waals surface area contributed by atoms with Crippen LogP contribution in [0.3, 0.4) is 0 Å². The molecule has 0 aliphatic heterocycles. The third-order valence-corrected chi connectivity index (χ3v) is 9.37. The smallest absolute Gasteiger partial charge is 0.306 e. The van der Waals surface area contributed by atoms with Crippen LogP contribution in [0.25, 0.3) is 0 Å². The summed E-state index contributed by atoms with van der Waals surface area (Å²) in [4.78, 5) is 37.6. The molecule has 1 unspecified atom stereocenters. The fourth-order valence-electron chi connectivity index (χ4n) is 5.98. The minimum atomic E-state index is -0.775. The minimum absolute atomic E-state index is 0.0790. The Morgan fingerprint density at radius 1 is 0.385 bits per heavy atom. The summed E-state index contributed by atoms with van der Waals surface area (Å²) in [7, 11) is 0. The van der Waals surface area contributed by atoms with Gasteiger partial charge in [-0.25, -0.2) is 0 Å². The first-order valence-electron chi connectivity index (χ1n) is 22.0. The van der Waals surface area contributed by atoms with Crippen molar-refractivity contribution in [1.82, 2.24) is 0 Å². The van der Waals surface area contributed by atoms with Gasteiger partial charge < -0.3 is 14.2 Å². The molecule has 0 amide bonds. The van der Waals surface area contributed by atoms with E-state index >= 15 is 0 Å². The van der Waals surface area contributed by atoms with Crippen LogP contribution in [0.1, 0.15) is 220 Å². The van der Waals surface area contributed by atoms with Crippen molar-refractivity contribution in [3.05, 3.63) is 36.5 Å². The molecule has 0 aromatic carbocycles. The number of hydrogen-bond acceptors (Lipinski definition) is 6. The van der Waals surface area contributed by atoms with Crippen LogP contribution in [0.15, 0.2) is 36.5 Å². The Hall–Kier alpha value is -2.37. The molecule has 0 saturated carbocycles. The summed E-state index contributed by atoms with van der Waals surface area (Å²) in [5, 5.41) is 0. The first kappa shape index (κ1) is 49.6. The van der Waals surface area contributed by atoms with Crippen molar-refractivity contribution in [2.24, 2.45) is 0 Å². The van der Waals surface area contributed by atoms with Gasteiger partial charge in [0.1, 0.15) is 13.2 Å². The molecule has 0 aliphatic carbocycles. The highest BCUT2D eigenvalue weighted by Gasteiger charge is 2.19. The van der Waals surface area contributed by atoms with Crippen LogP contribution >= 0.6 is 0 Å². The molecule has 0 saturated heterocycles. The SMILES string of the molecule is CCCC/C=C\CCCCCCCC(=O)OC(COC(=O)CCCCCCC/C=C\C/C=C\CCCCC)COC(=O)CCCCCCCCCC. The number of carbonyl (C=O) groups excluding carboxylic acids is 3. The summed E-state index contributed by atoms with van der Waals surface area (Å²) < 4.78 is 16.6. The zero-order chi connectivity index (χ0) is 38.0. The van der Waals surface area contributed by atoms with E-state index in [1.165, 1.54) is 89.9 Å². The van der Waals surface area contributed by atoms with Gasteiger partial charge in [-0.3, -0.25) is 14.4 Å². The number of hydrogen-bond donors (Lipinski definition) is 0. The molecule has 6 heteroatoms. The normalized spacial score (nSPS) is 12.3. The van der Waals surface area contributed by atoms with Crippen molar-refractivity contribution in [2.45, 2.75) is 226 Å². The van der Waals surface area contributed by atoms with Gasteiger partial charge in [0, 0.05) is 19.3 Å². The molecule has 0 aromatic heterocycles. The second kappa shape index (κ2) is 41.4. The predicted molar refractivity (Wildman–Crippen MR) is 219 cm³/mol. The molecule has 0 rings (SSSR count). The molecule has 0 fully saturated rings. The van der Waals surface area contributed by atoms with E-state index in [2.05, 4.69) is 57.2 Å². The van der Waals surface area contributed by atoms with Crippen molar-refractivity contribution in [3.63, 3.8) is 0 Å². The van der Waals surface area contributed by atoms with E-state index in [-0.39, 0.29) is 31.1 Å². The summed E-state index contributed by atoms with van der Waals surface area (Å²) in [6.07, 6.45) is 45.6. The molecular formula is C46H82O6. The lowest BCUT2D eigenvalue weighted by Gasteiger charge is -2.18. The van der Waals surface area contributed by atoms with Crippen molar-refractivity contribution in [1.29, 1.82) is 0 Å². The predicted octanol–water partition coefficient (Wildman–Crippen LogP) is 13.8. The van der Waals surface area contributed by atoms with Crippen molar-refractivity contribution >= 4 is 17.9 Å². The van der Waals surface area contributed by atoms with E-state index in [1.807, 2.05) is 0 Å². The van der Waals surface area contributed by atoms with Crippen LogP contribution in [-0.4, -0.2) is 37.2 Å². The third-order valence-electron chi connectivity index (χ3n) is 9.37. The molecule has 1 atom stereocenters. The first-order chi connectivity index (χ1) is 25.5. The average Bonchev–Trinajstić information content (AvgIpc) is 3.14. The van der Waals surface area contributed by atoms with Crippen LogP contribution in [-0.2, 0) is 28.6 Å². The van der Waals surface area contributed by atoms with Gasteiger partial charge in [0.25, 0.3) is 0 Å². The van der Waals surface area contributed by atoms with E-state index in [9.17, 15) is 14.4 Å². The van der Waals surface area contributed by atoms with Crippen molar-refractivity contribution < 1.29 is 28.6 Å². The molecule has 0 aliphatic rings. The highest BCUT2D eigenvalue weighted by Crippen LogP contribution is 2.13. The Balaban J connectivity index is 4.36. The largest absolute Gasteiger partial charge is 0.462 e. The first-order valence-corrected chi connectivity index (χ1v) is 22.0. The van der Waals surface area contributed by atoms with Gasteiger partial charge in [0.05, 0.1) is 0 Å². The quantitative estimate of drug-likeness (QED) is 0.0271. The van der Waals surface area contributed by atoms with Gasteiger partial charge >= 0.3 is 17.9 Å². The summed E-state index contributed by atoms with van der Waals surface area (Å²) in [6, 6.07) is 0. The highest BCUT2D eigenvalue weighted by molar-refractivity contribution is 5.71. The number of rotatable bonds is 39. The zero-order valence-electron chi connectivity index (χ0n) is 34.3. The highest BCUT2D eigenvalue weighted by atomic mass is 16.6. The van der Waals surface area contributed by atoms with Gasteiger partial charge in [0.15, 0.2) is 6.10 Å². The molecule has 0 aromatic rings. The van der Waals surface area contributed by atoms with Crippen molar-refractivity contribution in [3.8, 4) is 0 Å². The molecule has 302 valence electrons. The van der Waals surface area contributed by atoms with Crippen LogP contribution in [0.4, 0.5) is 0 Å². The maximum absolute atomic E-state index is 12.7. The van der Waals surface area contributed by atoms with Crippen LogP contribution < -0.4 is 0 Å². The lowest BCUT2D eigenvalue weighted by molar-refractivity contribution is -0.167. The number of ether oxygens (including phenoxy) is 3. The number of allylic oxidation sites excluding steroid dienone is 6. The molecule has 0 N–H and O–H groups in total. The van der Waals surface area contributed by atoms with Gasteiger partial charge in [-0.15, -0.1) is 0 Å². The fraction of sp³-hybridized carbons (Fsp3) is 0.804. The minimum Gasteiger partial charge on any atom is -0.462 e. The lowest BCUT2D eigenvalue weighted by atomic mass is 10.1. The Labute approximate surface area is 321 Å². The Morgan fingerprint density at radius 3 is 1.17 bits per heavy atom. The van der Waals surface area contributed by atoms with E-state index in [4.69, 9.17) is 14.2 Å². The maximum atomic E-state index is 12.7. The van der Waals surface area contributed by atoms with E-state index in [0.717, 1.165) is 89.9 Å². The van der Waals surface area contributed by atoms with Gasteiger partial charge in [-0.1, -0.05) is 166 Å². The molecule has 0 radical (unpaired) electrons. The Kier molecular flexibility index (Phi) is 39.5. The standard InChI is InChI=1S/C46H82O6/c1-4-7-10-13-16-19-21-22-23-24-26-27-30-33-36-39-45(48)51-42-43(41-50-44(47)38-35-32-29-18-15-12-9-6-3)52-46(49)40-37-34-31-28-25-20-17-14-11-8-5-2/h14,16-17,19,22-23,43H,4-13,15,18,20-21,24-42H2,1-3H3/b17-14-,19-16-,23-22-. The second-order valence-electron chi connectivity index (χ2n) is 14.6. The molecule has 0 spiro atoms. The lowest BCUT2D eigenvalue weighted by Crippen LogP contribution is -2.30. The molecular weight excluding hydrogens is 649 g/mol. The zero-order valence-corrected chi connectivity index (χ0v) is 34.3. The van der Waals surface area contributed by atoms with Crippen LogP contribution in [0.5, 0.6) is 0 Å². The maximum Gasteiger partial charge on any atom is 0.306 e. The van der Waals surface area contributed by atoms with E-state index < -0.39 is 6.10 Å². The fourth-order valence-corrected chi connectivity index (χ4v) is 5.98. The molecule has 52 heavy (non-hydrogen) atoms. The van der Waals surface area contributed by atoms with E-state index in [1.54, 1.807) is 0 Å². The Bertz CT molecular complexity index is 891. The van der Waals surface area contributed by atoms with Crippen molar-refractivity contribution in [2.75, 3.05) is 13.2 Å². The molecule has 0 heterocycles. The average molecular weight is 731 g/mol. The summed E-state index contributed by atoms with van der Waals surface area (Å²) in [5.74, 6) is -0.909. The summed E-state index contributed by atoms with van der Waals surface area (Å²) in [6.45, 7) is 6.51. The summed E-state index contributed by atoms with van der Waals surface area (Å²) >= 11 is 0. The monoisotopic (exact) mass is 731 g/mol. The third kappa shape index (κ3) is 38.9. The molecule has 0 bridgehead atoms. The second-order valence-corrected chi connectivity index (χ2v) is 14.6. The summed E-state index contributed by atoms with van der Waals surface area (Å²) in [5.41, 5.74) is 0. The number of esters is 3. The van der Waals surface area contributed by atoms with Gasteiger partial charge in [-0.2, -0.15) is 0 Å². The Morgan fingerprint density at radius 2 is 0.712 bits per heavy atom. The van der Waals surface area contributed by atoms with Crippen LogP contribution in [0.2, 0.25) is 0 Å². The van der Waals surface area contributed by atoms with Gasteiger partial charge in [0.2, 0.25) is 0 Å².